The first-order valence-electron chi connectivity index (χ1n) is 6.48. The summed E-state index contributed by atoms with van der Waals surface area (Å²) in [6, 6.07) is 0. The highest BCUT2D eigenvalue weighted by molar-refractivity contribution is 8.14. The summed E-state index contributed by atoms with van der Waals surface area (Å²) in [7, 11) is 1.65. The predicted molar refractivity (Wildman–Crippen MR) is 76.0 cm³/mol. The molecule has 1 fully saturated rings. The van der Waals surface area contributed by atoms with Crippen molar-refractivity contribution in [1.29, 1.82) is 0 Å². The van der Waals surface area contributed by atoms with Gasteiger partial charge in [-0.15, -0.1) is 0 Å². The molecular weight excluding hydrogens is 302 g/mol. The normalized spacial score (nSPS) is 19.9. The van der Waals surface area contributed by atoms with Gasteiger partial charge in [-0.1, -0.05) is 0 Å². The summed E-state index contributed by atoms with van der Waals surface area (Å²) in [4.78, 5) is 13.5. The van der Waals surface area contributed by atoms with Crippen LogP contribution in [0, 0.1) is 13.8 Å². The lowest BCUT2D eigenvalue weighted by Gasteiger charge is -2.16. The van der Waals surface area contributed by atoms with E-state index in [1.54, 1.807) is 4.90 Å². The van der Waals surface area contributed by atoms with E-state index in [0.717, 1.165) is 23.5 Å². The predicted octanol–water partition coefficient (Wildman–Crippen LogP) is 1.19. The average Bonchev–Trinajstić information content (AvgIpc) is 2.84. The summed E-state index contributed by atoms with van der Waals surface area (Å²) in [6.07, 6.45) is -0.0359. The molecule has 1 amide bonds. The van der Waals surface area contributed by atoms with E-state index in [0.29, 0.717) is 6.54 Å². The van der Waals surface area contributed by atoms with E-state index >= 15 is 0 Å². The second-order valence-corrected chi connectivity index (χ2v) is 7.95. The molecule has 0 N–H and O–H groups in total. The van der Waals surface area contributed by atoms with Crippen LogP contribution < -0.4 is 0 Å². The van der Waals surface area contributed by atoms with Gasteiger partial charge in [0.05, 0.1) is 5.69 Å². The molecule has 0 spiro atoms. The number of hydrogen-bond acceptors (Lipinski definition) is 4. The molecule has 6 nitrogen and oxygen atoms in total. The van der Waals surface area contributed by atoms with Crippen LogP contribution in [0.2, 0.25) is 0 Å². The molecule has 1 aliphatic rings. The molecule has 2 rings (SSSR count). The van der Waals surface area contributed by atoms with Crippen molar-refractivity contribution in [2.75, 3.05) is 6.54 Å². The number of halogens is 1. The smallest absolute Gasteiger partial charge is 0.237 e. The van der Waals surface area contributed by atoms with Crippen LogP contribution in [-0.2, 0) is 26.9 Å². The number of rotatable bonds is 4. The van der Waals surface area contributed by atoms with E-state index in [-0.39, 0.29) is 18.9 Å². The zero-order chi connectivity index (χ0) is 15.1. The van der Waals surface area contributed by atoms with Gasteiger partial charge < -0.3 is 4.90 Å². The Morgan fingerprint density at radius 3 is 2.50 bits per heavy atom. The molecule has 1 aromatic heterocycles. The molecule has 1 saturated heterocycles. The fourth-order valence-electron chi connectivity index (χ4n) is 2.54. The Morgan fingerprint density at radius 1 is 1.40 bits per heavy atom. The van der Waals surface area contributed by atoms with Crippen LogP contribution in [0.1, 0.15) is 30.3 Å². The Balaban J connectivity index is 2.19. The summed E-state index contributed by atoms with van der Waals surface area (Å²) < 4.78 is 24.5. The highest BCUT2D eigenvalue weighted by atomic mass is 35.7. The fraction of sp³-hybridized carbons (Fsp3) is 0.667. The molecule has 0 radical (unpaired) electrons. The van der Waals surface area contributed by atoms with Gasteiger partial charge in [0.25, 0.3) is 0 Å². The Hall–Kier alpha value is -1.08. The van der Waals surface area contributed by atoms with Gasteiger partial charge in [-0.05, 0) is 20.8 Å². The number of aromatic nitrogens is 2. The number of hydrogen-bond donors (Lipinski definition) is 0. The Kier molecular flexibility index (Phi) is 4.11. The van der Waals surface area contributed by atoms with Crippen LogP contribution in [0.25, 0.3) is 0 Å². The number of likely N-dealkylation sites (tertiary alicyclic amines) is 1. The van der Waals surface area contributed by atoms with Crippen molar-refractivity contribution in [3.05, 3.63) is 17.0 Å². The topological polar surface area (TPSA) is 72.3 Å². The molecule has 0 saturated carbocycles. The molecule has 8 heteroatoms. The molecule has 1 aromatic rings. The van der Waals surface area contributed by atoms with E-state index in [1.807, 2.05) is 25.5 Å². The zero-order valence-electron chi connectivity index (χ0n) is 11.8. The van der Waals surface area contributed by atoms with Gasteiger partial charge in [0.1, 0.15) is 5.25 Å². The molecule has 1 atom stereocenters. The lowest BCUT2D eigenvalue weighted by Crippen LogP contribution is -2.27. The van der Waals surface area contributed by atoms with Crippen molar-refractivity contribution in [2.45, 2.75) is 45.5 Å². The van der Waals surface area contributed by atoms with Crippen molar-refractivity contribution < 1.29 is 13.2 Å². The van der Waals surface area contributed by atoms with Crippen LogP contribution in [0.3, 0.4) is 0 Å². The van der Waals surface area contributed by atoms with Crippen molar-refractivity contribution in [3.8, 4) is 0 Å². The number of nitrogens with zero attached hydrogens (tertiary/aromatic N) is 3. The first-order chi connectivity index (χ1) is 9.24. The molecular formula is C12H18ClN3O3S. The Morgan fingerprint density at radius 2 is 2.05 bits per heavy atom. The van der Waals surface area contributed by atoms with Crippen LogP contribution in [0.15, 0.2) is 0 Å². The van der Waals surface area contributed by atoms with E-state index in [2.05, 4.69) is 5.10 Å². The highest BCUT2D eigenvalue weighted by Crippen LogP contribution is 2.24. The van der Waals surface area contributed by atoms with Crippen LogP contribution in [0.5, 0.6) is 0 Å². The number of aryl methyl sites for hydroxylation is 2. The number of amides is 1. The largest absolute Gasteiger partial charge is 0.337 e. The second kappa shape index (κ2) is 5.37. The molecule has 0 bridgehead atoms. The maximum absolute atomic E-state index is 11.9. The maximum atomic E-state index is 11.9. The Bertz CT molecular complexity index is 639. The quantitative estimate of drug-likeness (QED) is 0.781. The van der Waals surface area contributed by atoms with Crippen LogP contribution in [0.4, 0.5) is 0 Å². The maximum Gasteiger partial charge on any atom is 0.237 e. The van der Waals surface area contributed by atoms with Crippen molar-refractivity contribution in [3.63, 3.8) is 0 Å². The fourth-order valence-corrected chi connectivity index (χ4v) is 3.60. The third-order valence-corrected chi connectivity index (χ3v) is 5.63. The third kappa shape index (κ3) is 2.83. The summed E-state index contributed by atoms with van der Waals surface area (Å²) >= 11 is 0. The molecule has 0 aliphatic carbocycles. The summed E-state index contributed by atoms with van der Waals surface area (Å²) in [6.45, 7) is 7.15. The average molecular weight is 320 g/mol. The summed E-state index contributed by atoms with van der Waals surface area (Å²) in [5.74, 6) is -0.178. The second-order valence-electron chi connectivity index (χ2n) is 5.04. The lowest BCUT2D eigenvalue weighted by molar-refractivity contribution is -0.128. The van der Waals surface area contributed by atoms with Gasteiger partial charge in [0, 0.05) is 48.0 Å². The zero-order valence-corrected chi connectivity index (χ0v) is 13.3. The van der Waals surface area contributed by atoms with E-state index in [4.69, 9.17) is 10.7 Å². The van der Waals surface area contributed by atoms with E-state index in [9.17, 15) is 13.2 Å². The first kappa shape index (κ1) is 15.3. The van der Waals surface area contributed by atoms with Gasteiger partial charge in [0.15, 0.2) is 0 Å². The minimum Gasteiger partial charge on any atom is -0.337 e. The first-order valence-corrected chi connectivity index (χ1v) is 8.85. The molecule has 2 heterocycles. The van der Waals surface area contributed by atoms with Crippen LogP contribution >= 0.6 is 10.7 Å². The van der Waals surface area contributed by atoms with Gasteiger partial charge >= 0.3 is 0 Å². The number of carbonyl (C=O) groups is 1. The van der Waals surface area contributed by atoms with Crippen molar-refractivity contribution in [1.82, 2.24) is 14.7 Å². The van der Waals surface area contributed by atoms with Crippen LogP contribution in [-0.4, -0.2) is 40.8 Å². The Labute approximate surface area is 123 Å². The van der Waals surface area contributed by atoms with Crippen molar-refractivity contribution >= 4 is 25.6 Å². The standard InChI is InChI=1S/C12H18ClN3O3S/c1-4-16-9(3)11(8(2)14-16)7-15-6-10(5-12(15)17)20(13,18)19/h10H,4-7H2,1-3H3. The van der Waals surface area contributed by atoms with Gasteiger partial charge in [-0.3, -0.25) is 9.48 Å². The SMILES string of the molecule is CCn1nc(C)c(CN2CC(S(=O)(=O)Cl)CC2=O)c1C. The van der Waals surface area contributed by atoms with Crippen molar-refractivity contribution in [2.24, 2.45) is 0 Å². The summed E-state index contributed by atoms with van der Waals surface area (Å²) in [5, 5.41) is 3.59. The highest BCUT2D eigenvalue weighted by Gasteiger charge is 2.37. The van der Waals surface area contributed by atoms with Gasteiger partial charge in [-0.25, -0.2) is 8.42 Å². The monoisotopic (exact) mass is 319 g/mol. The van der Waals surface area contributed by atoms with Gasteiger partial charge in [-0.2, -0.15) is 5.10 Å². The minimum absolute atomic E-state index is 0.0359. The van der Waals surface area contributed by atoms with E-state index < -0.39 is 14.3 Å². The van der Waals surface area contributed by atoms with E-state index in [1.165, 1.54) is 0 Å². The number of carbonyl (C=O) groups excluding carboxylic acids is 1. The lowest BCUT2D eigenvalue weighted by atomic mass is 10.2. The molecule has 1 unspecified atom stereocenters. The summed E-state index contributed by atoms with van der Waals surface area (Å²) in [5.41, 5.74) is 2.86. The molecule has 1 aliphatic heterocycles. The molecule has 20 heavy (non-hydrogen) atoms. The molecule has 112 valence electrons. The molecule has 0 aromatic carbocycles. The van der Waals surface area contributed by atoms with Gasteiger partial charge in [0.2, 0.25) is 15.0 Å². The minimum atomic E-state index is -3.69. The third-order valence-electron chi connectivity index (χ3n) is 3.76.